The standard InChI is InChI=1S/C22H23N5O/c28-22(17-7-12-25(13-8-17)21-14-23-9-10-24-21)27-16-19-5-3-11-26(19)15-18-4-1-2-6-20(18)27/h1-6,9-11,14,17H,7-8,12-13,15-16H2. The summed E-state index contributed by atoms with van der Waals surface area (Å²) in [6.45, 7) is 3.11. The van der Waals surface area contributed by atoms with Crippen molar-refractivity contribution in [2.24, 2.45) is 5.92 Å². The summed E-state index contributed by atoms with van der Waals surface area (Å²) < 4.78 is 2.24. The van der Waals surface area contributed by atoms with Gasteiger partial charge in [-0.15, -0.1) is 0 Å². The number of rotatable bonds is 2. The Kier molecular flexibility index (Phi) is 4.31. The number of carbonyl (C=O) groups excluding carboxylic acids is 1. The van der Waals surface area contributed by atoms with E-state index < -0.39 is 0 Å². The summed E-state index contributed by atoms with van der Waals surface area (Å²) in [7, 11) is 0. The topological polar surface area (TPSA) is 54.3 Å². The van der Waals surface area contributed by atoms with Crippen molar-refractivity contribution in [3.8, 4) is 0 Å². The van der Waals surface area contributed by atoms with Crippen molar-refractivity contribution in [1.82, 2.24) is 14.5 Å². The van der Waals surface area contributed by atoms with E-state index in [1.54, 1.807) is 18.6 Å². The number of anilines is 2. The highest BCUT2D eigenvalue weighted by Gasteiger charge is 2.32. The smallest absolute Gasteiger partial charge is 0.230 e. The lowest BCUT2D eigenvalue weighted by Crippen LogP contribution is -2.43. The van der Waals surface area contributed by atoms with E-state index in [1.165, 1.54) is 11.3 Å². The molecule has 28 heavy (non-hydrogen) atoms. The molecule has 0 bridgehead atoms. The van der Waals surface area contributed by atoms with Gasteiger partial charge < -0.3 is 14.4 Å². The zero-order valence-corrected chi connectivity index (χ0v) is 15.7. The molecule has 2 aliphatic heterocycles. The third-order valence-electron chi connectivity index (χ3n) is 5.85. The molecule has 5 rings (SSSR count). The average Bonchev–Trinajstić information content (AvgIpc) is 3.13. The van der Waals surface area contributed by atoms with Crippen molar-refractivity contribution in [3.63, 3.8) is 0 Å². The van der Waals surface area contributed by atoms with Gasteiger partial charge in [-0.1, -0.05) is 18.2 Å². The number of para-hydroxylation sites is 1. The summed E-state index contributed by atoms with van der Waals surface area (Å²) in [5, 5.41) is 0. The summed E-state index contributed by atoms with van der Waals surface area (Å²) in [5.74, 6) is 1.18. The Labute approximate surface area is 164 Å². The Hall–Kier alpha value is -3.15. The zero-order valence-electron chi connectivity index (χ0n) is 15.7. The number of hydrogen-bond donors (Lipinski definition) is 0. The molecule has 0 unspecified atom stereocenters. The molecule has 0 spiro atoms. The van der Waals surface area contributed by atoms with Crippen molar-refractivity contribution < 1.29 is 4.79 Å². The Bertz CT molecular complexity index is 975. The van der Waals surface area contributed by atoms with Gasteiger partial charge in [0.15, 0.2) is 0 Å². The number of amides is 1. The minimum absolute atomic E-state index is 0.0440. The van der Waals surface area contributed by atoms with Crippen LogP contribution in [0.25, 0.3) is 0 Å². The molecule has 0 saturated carbocycles. The molecule has 1 fully saturated rings. The third-order valence-corrected chi connectivity index (χ3v) is 5.85. The number of hydrogen-bond acceptors (Lipinski definition) is 4. The molecule has 0 N–H and O–H groups in total. The van der Waals surface area contributed by atoms with Crippen LogP contribution < -0.4 is 9.80 Å². The molecule has 2 aromatic heterocycles. The maximum absolute atomic E-state index is 13.5. The van der Waals surface area contributed by atoms with E-state index in [-0.39, 0.29) is 11.8 Å². The maximum atomic E-state index is 13.5. The summed E-state index contributed by atoms with van der Waals surface area (Å²) in [4.78, 5) is 26.3. The van der Waals surface area contributed by atoms with E-state index in [0.717, 1.165) is 44.0 Å². The monoisotopic (exact) mass is 373 g/mol. The van der Waals surface area contributed by atoms with E-state index in [0.29, 0.717) is 6.54 Å². The van der Waals surface area contributed by atoms with E-state index in [9.17, 15) is 4.79 Å². The minimum atomic E-state index is 0.0440. The maximum Gasteiger partial charge on any atom is 0.230 e. The van der Waals surface area contributed by atoms with Gasteiger partial charge in [0.25, 0.3) is 0 Å². The van der Waals surface area contributed by atoms with E-state index in [2.05, 4.69) is 56.0 Å². The largest absolute Gasteiger partial charge is 0.355 e. The number of piperidine rings is 1. The second-order valence-corrected chi connectivity index (χ2v) is 7.51. The number of benzene rings is 1. The first-order valence-corrected chi connectivity index (χ1v) is 9.84. The molecule has 6 heteroatoms. The lowest BCUT2D eigenvalue weighted by molar-refractivity contribution is -0.123. The van der Waals surface area contributed by atoms with Crippen LogP contribution in [0, 0.1) is 5.92 Å². The van der Waals surface area contributed by atoms with Crippen LogP contribution >= 0.6 is 0 Å². The Balaban J connectivity index is 1.37. The predicted octanol–water partition coefficient (Wildman–Crippen LogP) is 3.09. The predicted molar refractivity (Wildman–Crippen MR) is 108 cm³/mol. The van der Waals surface area contributed by atoms with Crippen LogP contribution in [-0.4, -0.2) is 33.5 Å². The van der Waals surface area contributed by atoms with Crippen LogP contribution in [0.15, 0.2) is 61.2 Å². The summed E-state index contributed by atoms with van der Waals surface area (Å²) in [6.07, 6.45) is 8.98. The van der Waals surface area contributed by atoms with Gasteiger partial charge in [0, 0.05) is 55.5 Å². The Morgan fingerprint density at radius 1 is 1.00 bits per heavy atom. The first-order valence-electron chi connectivity index (χ1n) is 9.84. The fraction of sp³-hybridized carbons (Fsp3) is 0.318. The SMILES string of the molecule is O=C(C1CCN(c2cnccn2)CC1)N1Cc2cccn2Cc2ccccc21. The molecular formula is C22H23N5O. The zero-order chi connectivity index (χ0) is 18.9. The summed E-state index contributed by atoms with van der Waals surface area (Å²) in [6, 6.07) is 12.5. The lowest BCUT2D eigenvalue weighted by atomic mass is 9.94. The number of carbonyl (C=O) groups is 1. The molecular weight excluding hydrogens is 350 g/mol. The van der Waals surface area contributed by atoms with Crippen molar-refractivity contribution in [1.29, 1.82) is 0 Å². The van der Waals surface area contributed by atoms with Gasteiger partial charge in [-0.3, -0.25) is 9.78 Å². The molecule has 0 aliphatic carbocycles. The highest BCUT2D eigenvalue weighted by molar-refractivity contribution is 5.96. The first-order chi connectivity index (χ1) is 13.8. The molecule has 2 aliphatic rings. The van der Waals surface area contributed by atoms with Crippen LogP contribution in [0.2, 0.25) is 0 Å². The molecule has 3 aromatic rings. The van der Waals surface area contributed by atoms with E-state index in [4.69, 9.17) is 0 Å². The van der Waals surface area contributed by atoms with Crippen LogP contribution in [0.5, 0.6) is 0 Å². The quantitative estimate of drug-likeness (QED) is 0.693. The van der Waals surface area contributed by atoms with Gasteiger partial charge >= 0.3 is 0 Å². The van der Waals surface area contributed by atoms with Crippen LogP contribution in [0.3, 0.4) is 0 Å². The Morgan fingerprint density at radius 2 is 1.86 bits per heavy atom. The molecule has 0 radical (unpaired) electrons. The fourth-order valence-corrected chi connectivity index (χ4v) is 4.31. The minimum Gasteiger partial charge on any atom is -0.355 e. The fourth-order valence-electron chi connectivity index (χ4n) is 4.31. The highest BCUT2D eigenvalue weighted by Crippen LogP contribution is 2.31. The van der Waals surface area contributed by atoms with E-state index >= 15 is 0 Å². The van der Waals surface area contributed by atoms with Gasteiger partial charge in [0.05, 0.1) is 12.7 Å². The highest BCUT2D eigenvalue weighted by atomic mass is 16.2. The van der Waals surface area contributed by atoms with Gasteiger partial charge in [-0.25, -0.2) is 4.98 Å². The van der Waals surface area contributed by atoms with Gasteiger partial charge in [0.2, 0.25) is 5.91 Å². The average molecular weight is 373 g/mol. The first kappa shape index (κ1) is 17.0. The normalized spacial score (nSPS) is 17.0. The van der Waals surface area contributed by atoms with E-state index in [1.807, 2.05) is 11.0 Å². The van der Waals surface area contributed by atoms with Crippen LogP contribution in [0.1, 0.15) is 24.1 Å². The molecule has 142 valence electrons. The number of aromatic nitrogens is 3. The molecule has 1 aromatic carbocycles. The van der Waals surface area contributed by atoms with Crippen molar-refractivity contribution >= 4 is 17.4 Å². The summed E-state index contributed by atoms with van der Waals surface area (Å²) in [5.41, 5.74) is 3.43. The van der Waals surface area contributed by atoms with Crippen molar-refractivity contribution in [2.45, 2.75) is 25.9 Å². The number of nitrogens with zero attached hydrogens (tertiary/aromatic N) is 5. The van der Waals surface area contributed by atoms with Gasteiger partial charge in [-0.05, 0) is 36.6 Å². The second-order valence-electron chi connectivity index (χ2n) is 7.51. The second kappa shape index (κ2) is 7.11. The molecule has 4 heterocycles. The number of fused-ring (bicyclic) bond motifs is 2. The Morgan fingerprint density at radius 3 is 2.68 bits per heavy atom. The van der Waals surface area contributed by atoms with Gasteiger partial charge in [0.1, 0.15) is 5.82 Å². The summed E-state index contributed by atoms with van der Waals surface area (Å²) >= 11 is 0. The van der Waals surface area contributed by atoms with Crippen molar-refractivity contribution in [2.75, 3.05) is 22.9 Å². The van der Waals surface area contributed by atoms with Crippen LogP contribution in [-0.2, 0) is 17.9 Å². The molecule has 0 atom stereocenters. The molecule has 1 amide bonds. The van der Waals surface area contributed by atoms with Gasteiger partial charge in [-0.2, -0.15) is 0 Å². The third kappa shape index (κ3) is 3.05. The van der Waals surface area contributed by atoms with Crippen LogP contribution in [0.4, 0.5) is 11.5 Å². The molecule has 6 nitrogen and oxygen atoms in total. The van der Waals surface area contributed by atoms with Crippen molar-refractivity contribution in [3.05, 3.63) is 72.4 Å². The lowest BCUT2D eigenvalue weighted by Gasteiger charge is -2.34. The molecule has 1 saturated heterocycles.